The average Bonchev–Trinajstić information content (AvgIpc) is 3.63. The first-order valence-corrected chi connectivity index (χ1v) is 13.4. The Balaban J connectivity index is 1.45. The van der Waals surface area contributed by atoms with Crippen LogP contribution in [0.4, 0.5) is 4.79 Å². The fourth-order valence-corrected chi connectivity index (χ4v) is 5.48. The topological polar surface area (TPSA) is 120 Å². The minimum absolute atomic E-state index is 0.100. The second kappa shape index (κ2) is 11.0. The Morgan fingerprint density at radius 1 is 1.19 bits per heavy atom. The van der Waals surface area contributed by atoms with Gasteiger partial charge >= 0.3 is 6.03 Å². The standard InChI is InChI=1S/C25H21BrClN5O4S/c26-15-3-6-18(19(27)9-15)20-11-28-23(30-20)21(10-16-12-37-13-29-16)32-24(34)22(31-25(32)35)14-1-4-17(5-2-14)36-8-7-33/h1-6,9,11-13,21-22,33H,7-8,10H2,(H,28,30)(H,31,35)/t21-,22?/m1/s1. The van der Waals surface area contributed by atoms with Crippen molar-refractivity contribution in [2.75, 3.05) is 13.2 Å². The van der Waals surface area contributed by atoms with E-state index in [1.54, 1.807) is 42.0 Å². The zero-order valence-electron chi connectivity index (χ0n) is 19.2. The van der Waals surface area contributed by atoms with Crippen LogP contribution in [0, 0.1) is 0 Å². The van der Waals surface area contributed by atoms with Crippen molar-refractivity contribution in [3.8, 4) is 17.0 Å². The highest BCUT2D eigenvalue weighted by Gasteiger charge is 2.44. The second-order valence-electron chi connectivity index (χ2n) is 8.24. The number of thiazole rings is 1. The van der Waals surface area contributed by atoms with Gasteiger partial charge in [-0.2, -0.15) is 0 Å². The molecular formula is C25H21BrClN5O4S. The van der Waals surface area contributed by atoms with Gasteiger partial charge in [0, 0.05) is 21.8 Å². The molecule has 9 nitrogen and oxygen atoms in total. The van der Waals surface area contributed by atoms with Gasteiger partial charge in [-0.15, -0.1) is 11.3 Å². The number of hydrogen-bond acceptors (Lipinski definition) is 7. The summed E-state index contributed by atoms with van der Waals surface area (Å²) >= 11 is 11.3. The first kappa shape index (κ1) is 25.4. The highest BCUT2D eigenvalue weighted by molar-refractivity contribution is 9.10. The van der Waals surface area contributed by atoms with Crippen molar-refractivity contribution >= 4 is 50.8 Å². The van der Waals surface area contributed by atoms with Crippen LogP contribution in [0.25, 0.3) is 11.3 Å². The first-order valence-electron chi connectivity index (χ1n) is 11.3. The number of aromatic amines is 1. The van der Waals surface area contributed by atoms with Gasteiger partial charge in [-0.05, 0) is 29.8 Å². The SMILES string of the molecule is O=C1NC(c2ccc(OCCO)cc2)C(=O)N1[C@H](Cc1cscn1)c1ncc(-c2ccc(Br)cc2Cl)[nH]1. The number of rotatable bonds is 9. The minimum atomic E-state index is -0.854. The van der Waals surface area contributed by atoms with E-state index >= 15 is 0 Å². The largest absolute Gasteiger partial charge is 0.491 e. The summed E-state index contributed by atoms with van der Waals surface area (Å²) in [7, 11) is 0. The van der Waals surface area contributed by atoms with E-state index in [0.717, 1.165) is 15.7 Å². The van der Waals surface area contributed by atoms with E-state index in [-0.39, 0.29) is 13.2 Å². The van der Waals surface area contributed by atoms with Crippen LogP contribution in [0.1, 0.15) is 29.2 Å². The predicted octanol–water partition coefficient (Wildman–Crippen LogP) is 4.90. The number of imide groups is 1. The molecule has 3 amide bonds. The number of ether oxygens (including phenoxy) is 1. The molecule has 2 aromatic heterocycles. The van der Waals surface area contributed by atoms with Gasteiger partial charge in [0.25, 0.3) is 5.91 Å². The van der Waals surface area contributed by atoms with Crippen molar-refractivity contribution in [1.82, 2.24) is 25.2 Å². The lowest BCUT2D eigenvalue weighted by Crippen LogP contribution is -2.37. The summed E-state index contributed by atoms with van der Waals surface area (Å²) in [6, 6.07) is 10.3. The molecule has 1 fully saturated rings. The van der Waals surface area contributed by atoms with Crippen LogP contribution < -0.4 is 10.1 Å². The monoisotopic (exact) mass is 601 g/mol. The number of nitrogens with one attached hydrogen (secondary N) is 2. The van der Waals surface area contributed by atoms with Crippen LogP contribution in [-0.2, 0) is 11.2 Å². The molecule has 2 atom stereocenters. The lowest BCUT2D eigenvalue weighted by Gasteiger charge is -2.23. The first-order chi connectivity index (χ1) is 17.9. The van der Waals surface area contributed by atoms with Gasteiger partial charge in [-0.25, -0.2) is 14.8 Å². The van der Waals surface area contributed by atoms with Crippen molar-refractivity contribution < 1.29 is 19.4 Å². The maximum atomic E-state index is 13.6. The highest BCUT2D eigenvalue weighted by Crippen LogP contribution is 2.34. The van der Waals surface area contributed by atoms with Gasteiger partial charge in [0.15, 0.2) is 0 Å². The lowest BCUT2D eigenvalue weighted by atomic mass is 10.1. The minimum Gasteiger partial charge on any atom is -0.491 e. The Bertz CT molecular complexity index is 1410. The Hall–Kier alpha value is -3.25. The number of H-pyrrole nitrogens is 1. The van der Waals surface area contributed by atoms with Crippen molar-refractivity contribution in [2.45, 2.75) is 18.5 Å². The molecule has 190 valence electrons. The summed E-state index contributed by atoms with van der Waals surface area (Å²) in [4.78, 5) is 40.1. The number of carbonyl (C=O) groups is 2. The number of aromatic nitrogens is 3. The third-order valence-electron chi connectivity index (χ3n) is 5.87. The Kier molecular flexibility index (Phi) is 7.56. The maximum Gasteiger partial charge on any atom is 0.325 e. The van der Waals surface area contributed by atoms with Gasteiger partial charge in [0.05, 0.1) is 34.7 Å². The van der Waals surface area contributed by atoms with E-state index < -0.39 is 24.0 Å². The molecule has 0 aliphatic carbocycles. The molecule has 1 aliphatic rings. The van der Waals surface area contributed by atoms with Crippen molar-refractivity contribution in [2.24, 2.45) is 0 Å². The molecule has 5 rings (SSSR count). The van der Waals surface area contributed by atoms with E-state index in [1.807, 2.05) is 17.5 Å². The van der Waals surface area contributed by atoms with Crippen LogP contribution in [0.5, 0.6) is 5.75 Å². The van der Waals surface area contributed by atoms with Gasteiger partial charge in [-0.3, -0.25) is 9.69 Å². The summed E-state index contributed by atoms with van der Waals surface area (Å²) in [6.07, 6.45) is 1.93. The summed E-state index contributed by atoms with van der Waals surface area (Å²) < 4.78 is 6.24. The number of urea groups is 1. The number of benzene rings is 2. The van der Waals surface area contributed by atoms with E-state index in [2.05, 4.69) is 36.2 Å². The predicted molar refractivity (Wildman–Crippen MR) is 142 cm³/mol. The van der Waals surface area contributed by atoms with Crippen molar-refractivity contribution in [3.63, 3.8) is 0 Å². The third-order valence-corrected chi connectivity index (χ3v) is 7.32. The molecule has 3 N–H and O–H groups in total. The molecule has 0 radical (unpaired) electrons. The zero-order chi connectivity index (χ0) is 25.9. The Morgan fingerprint density at radius 3 is 2.70 bits per heavy atom. The molecule has 37 heavy (non-hydrogen) atoms. The van der Waals surface area contributed by atoms with Gasteiger partial charge in [-0.1, -0.05) is 45.7 Å². The molecule has 2 aromatic carbocycles. The van der Waals surface area contributed by atoms with E-state index in [1.165, 1.54) is 16.2 Å². The molecule has 1 saturated heterocycles. The number of halogens is 2. The summed E-state index contributed by atoms with van der Waals surface area (Å²) in [5.74, 6) is 0.607. The van der Waals surface area contributed by atoms with E-state index in [9.17, 15) is 9.59 Å². The van der Waals surface area contributed by atoms with E-state index in [4.69, 9.17) is 21.4 Å². The van der Waals surface area contributed by atoms with Crippen LogP contribution in [-0.4, -0.2) is 50.1 Å². The number of carbonyl (C=O) groups excluding carboxylic acids is 2. The number of aliphatic hydroxyl groups excluding tert-OH is 1. The van der Waals surface area contributed by atoms with Gasteiger partial charge < -0.3 is 20.1 Å². The highest BCUT2D eigenvalue weighted by atomic mass is 79.9. The smallest absolute Gasteiger partial charge is 0.325 e. The third kappa shape index (κ3) is 5.40. The van der Waals surface area contributed by atoms with Crippen LogP contribution in [0.15, 0.2) is 64.0 Å². The second-order valence-corrected chi connectivity index (χ2v) is 10.3. The fraction of sp³-hybridized carbons (Fsp3) is 0.200. The van der Waals surface area contributed by atoms with Crippen LogP contribution in [0.3, 0.4) is 0 Å². The number of imidazole rings is 1. The fourth-order valence-electron chi connectivity index (χ4n) is 4.13. The molecule has 0 bridgehead atoms. The van der Waals surface area contributed by atoms with Gasteiger partial charge in [0.2, 0.25) is 0 Å². The molecule has 0 saturated carbocycles. The molecule has 1 aliphatic heterocycles. The maximum absolute atomic E-state index is 13.6. The quantitative estimate of drug-likeness (QED) is 0.235. The Labute approximate surface area is 229 Å². The number of aliphatic hydroxyl groups is 1. The molecule has 0 spiro atoms. The zero-order valence-corrected chi connectivity index (χ0v) is 22.4. The van der Waals surface area contributed by atoms with Crippen LogP contribution >= 0.6 is 38.9 Å². The average molecular weight is 603 g/mol. The van der Waals surface area contributed by atoms with E-state index in [0.29, 0.717) is 34.3 Å². The lowest BCUT2D eigenvalue weighted by molar-refractivity contribution is -0.129. The molecule has 3 heterocycles. The normalized spacial score (nSPS) is 16.2. The number of nitrogens with zero attached hydrogens (tertiary/aromatic N) is 3. The summed E-state index contributed by atoms with van der Waals surface area (Å²) in [5, 5.41) is 14.1. The van der Waals surface area contributed by atoms with Gasteiger partial charge in [0.1, 0.15) is 30.3 Å². The summed E-state index contributed by atoms with van der Waals surface area (Å²) in [6.45, 7) is 0.0674. The molecule has 4 aromatic rings. The van der Waals surface area contributed by atoms with Crippen LogP contribution in [0.2, 0.25) is 5.02 Å². The molecule has 12 heteroatoms. The Morgan fingerprint density at radius 2 is 2.00 bits per heavy atom. The summed E-state index contributed by atoms with van der Waals surface area (Å²) in [5.41, 5.74) is 4.47. The number of hydrogen-bond donors (Lipinski definition) is 3. The van der Waals surface area contributed by atoms with Crippen molar-refractivity contribution in [1.29, 1.82) is 0 Å². The number of amides is 3. The molecular weight excluding hydrogens is 582 g/mol. The van der Waals surface area contributed by atoms with Crippen molar-refractivity contribution in [3.05, 3.63) is 86.1 Å². The molecule has 1 unspecified atom stereocenters.